The number of likely N-dealkylation sites (N-methyl/N-ethyl adjacent to an activating group) is 1. The maximum atomic E-state index is 12.0. The van der Waals surface area contributed by atoms with E-state index in [0.29, 0.717) is 17.9 Å². The van der Waals surface area contributed by atoms with Gasteiger partial charge in [0.25, 0.3) is 0 Å². The predicted molar refractivity (Wildman–Crippen MR) is 65.2 cm³/mol. The molecule has 16 heavy (non-hydrogen) atoms. The average Bonchev–Trinajstić information content (AvgIpc) is 2.24. The van der Waals surface area contributed by atoms with Crippen LogP contribution in [0.2, 0.25) is 0 Å². The van der Waals surface area contributed by atoms with Crippen molar-refractivity contribution in [1.82, 2.24) is 10.2 Å². The van der Waals surface area contributed by atoms with Crippen molar-refractivity contribution in [3.05, 3.63) is 0 Å². The van der Waals surface area contributed by atoms with Gasteiger partial charge in [-0.05, 0) is 38.1 Å². The van der Waals surface area contributed by atoms with Gasteiger partial charge in [-0.1, -0.05) is 13.3 Å². The predicted octanol–water partition coefficient (Wildman–Crippen LogP) is 1.78. The Morgan fingerprint density at radius 1 is 1.31 bits per heavy atom. The Balaban J connectivity index is 1.76. The molecule has 3 nitrogen and oxygen atoms in total. The second-order valence-corrected chi connectivity index (χ2v) is 5.24. The normalized spacial score (nSPS) is 26.6. The van der Waals surface area contributed by atoms with Crippen molar-refractivity contribution < 1.29 is 4.79 Å². The summed E-state index contributed by atoms with van der Waals surface area (Å²) >= 11 is 0. The topological polar surface area (TPSA) is 32.3 Å². The average molecular weight is 224 g/mol. The molecule has 0 bridgehead atoms. The van der Waals surface area contributed by atoms with Crippen LogP contribution in [0.4, 0.5) is 0 Å². The molecular weight excluding hydrogens is 200 g/mol. The van der Waals surface area contributed by atoms with Crippen molar-refractivity contribution >= 4 is 5.91 Å². The first-order valence-corrected chi connectivity index (χ1v) is 6.80. The smallest absolute Gasteiger partial charge is 0.222 e. The minimum absolute atomic E-state index is 0.396. The number of nitrogens with one attached hydrogen (secondary N) is 1. The van der Waals surface area contributed by atoms with Gasteiger partial charge in [-0.25, -0.2) is 0 Å². The second-order valence-electron chi connectivity index (χ2n) is 5.24. The monoisotopic (exact) mass is 224 g/mol. The minimum atomic E-state index is 0.396. The first kappa shape index (κ1) is 11.9. The molecule has 92 valence electrons. The number of piperidine rings is 1. The number of likely N-dealkylation sites (tertiary alicyclic amines) is 1. The molecule has 1 amide bonds. The van der Waals surface area contributed by atoms with E-state index in [2.05, 4.69) is 17.1 Å². The van der Waals surface area contributed by atoms with Gasteiger partial charge in [-0.15, -0.1) is 0 Å². The third kappa shape index (κ3) is 2.97. The van der Waals surface area contributed by atoms with Gasteiger partial charge in [-0.2, -0.15) is 0 Å². The summed E-state index contributed by atoms with van der Waals surface area (Å²) in [6.07, 6.45) is 7.07. The minimum Gasteiger partial charge on any atom is -0.341 e. The molecule has 1 unspecified atom stereocenters. The van der Waals surface area contributed by atoms with Gasteiger partial charge in [0.1, 0.15) is 0 Å². The molecule has 1 saturated carbocycles. The summed E-state index contributed by atoms with van der Waals surface area (Å²) < 4.78 is 0. The molecule has 2 aliphatic rings. The highest BCUT2D eigenvalue weighted by atomic mass is 16.2. The van der Waals surface area contributed by atoms with Crippen LogP contribution in [0, 0.1) is 5.92 Å². The zero-order chi connectivity index (χ0) is 11.4. The van der Waals surface area contributed by atoms with E-state index in [1.165, 1.54) is 25.7 Å². The Labute approximate surface area is 98.6 Å². The first-order valence-electron chi connectivity index (χ1n) is 6.80. The number of hydrogen-bond acceptors (Lipinski definition) is 2. The number of amides is 1. The van der Waals surface area contributed by atoms with Crippen LogP contribution in [-0.4, -0.2) is 36.5 Å². The van der Waals surface area contributed by atoms with Crippen molar-refractivity contribution in [2.75, 3.05) is 19.6 Å². The number of carbonyl (C=O) groups is 1. The van der Waals surface area contributed by atoms with Gasteiger partial charge in [0.05, 0.1) is 0 Å². The largest absolute Gasteiger partial charge is 0.341 e. The highest BCUT2D eigenvalue weighted by molar-refractivity contribution is 5.76. The summed E-state index contributed by atoms with van der Waals surface area (Å²) in [5.74, 6) is 1.10. The summed E-state index contributed by atoms with van der Waals surface area (Å²) in [6.45, 7) is 5.05. The van der Waals surface area contributed by atoms with Crippen LogP contribution in [0.1, 0.15) is 45.4 Å². The van der Waals surface area contributed by atoms with Gasteiger partial charge in [0.2, 0.25) is 5.91 Å². The van der Waals surface area contributed by atoms with Crippen molar-refractivity contribution in [2.45, 2.75) is 51.5 Å². The second kappa shape index (κ2) is 5.67. The molecule has 1 aliphatic carbocycles. The molecule has 0 aromatic carbocycles. The van der Waals surface area contributed by atoms with Crippen molar-refractivity contribution in [3.63, 3.8) is 0 Å². The lowest BCUT2D eigenvalue weighted by Gasteiger charge is -2.35. The molecule has 1 N–H and O–H groups in total. The number of carbonyl (C=O) groups excluding carboxylic acids is 1. The Kier molecular flexibility index (Phi) is 4.22. The zero-order valence-corrected chi connectivity index (χ0v) is 10.4. The third-order valence-corrected chi connectivity index (χ3v) is 3.95. The fourth-order valence-corrected chi connectivity index (χ4v) is 2.73. The Morgan fingerprint density at radius 2 is 2.12 bits per heavy atom. The lowest BCUT2D eigenvalue weighted by molar-refractivity contribution is -0.134. The number of nitrogens with zero attached hydrogens (tertiary/aromatic N) is 1. The molecule has 0 aromatic heterocycles. The molecule has 1 atom stereocenters. The molecule has 0 radical (unpaired) electrons. The summed E-state index contributed by atoms with van der Waals surface area (Å²) in [4.78, 5) is 14.1. The van der Waals surface area contributed by atoms with E-state index < -0.39 is 0 Å². The highest BCUT2D eigenvalue weighted by Gasteiger charge is 2.27. The van der Waals surface area contributed by atoms with Crippen LogP contribution in [0.25, 0.3) is 0 Å². The maximum absolute atomic E-state index is 12.0. The van der Waals surface area contributed by atoms with Gasteiger partial charge in [-0.3, -0.25) is 4.79 Å². The van der Waals surface area contributed by atoms with Gasteiger partial charge in [0, 0.05) is 25.6 Å². The number of hydrogen-bond donors (Lipinski definition) is 1. The molecule has 0 spiro atoms. The van der Waals surface area contributed by atoms with Crippen LogP contribution >= 0.6 is 0 Å². The zero-order valence-electron chi connectivity index (χ0n) is 10.4. The van der Waals surface area contributed by atoms with Gasteiger partial charge in [0.15, 0.2) is 0 Å². The highest BCUT2D eigenvalue weighted by Crippen LogP contribution is 2.30. The van der Waals surface area contributed by atoms with E-state index in [-0.39, 0.29) is 0 Å². The van der Waals surface area contributed by atoms with Crippen LogP contribution in [0.3, 0.4) is 0 Å². The Hall–Kier alpha value is -0.570. The molecule has 1 saturated heterocycles. The summed E-state index contributed by atoms with van der Waals surface area (Å²) in [7, 11) is 0. The standard InChI is InChI=1S/C13H24N2O/c1-2-14-12-7-4-8-15(10-12)13(16)9-11-5-3-6-11/h11-12,14H,2-10H2,1H3. The summed E-state index contributed by atoms with van der Waals surface area (Å²) in [5.41, 5.74) is 0. The fraction of sp³-hybridized carbons (Fsp3) is 0.923. The lowest BCUT2D eigenvalue weighted by Crippen LogP contribution is -2.48. The Morgan fingerprint density at radius 3 is 2.75 bits per heavy atom. The molecule has 2 fully saturated rings. The molecular formula is C13H24N2O. The maximum Gasteiger partial charge on any atom is 0.222 e. The SMILES string of the molecule is CCNC1CCCN(C(=O)CC2CCC2)C1. The van der Waals surface area contributed by atoms with Crippen molar-refractivity contribution in [2.24, 2.45) is 5.92 Å². The fourth-order valence-electron chi connectivity index (χ4n) is 2.73. The van der Waals surface area contributed by atoms with Crippen molar-refractivity contribution in [1.29, 1.82) is 0 Å². The summed E-state index contributed by atoms with van der Waals surface area (Å²) in [5, 5.41) is 3.46. The lowest BCUT2D eigenvalue weighted by atomic mass is 9.82. The van der Waals surface area contributed by atoms with E-state index in [4.69, 9.17) is 0 Å². The molecule has 1 heterocycles. The summed E-state index contributed by atoms with van der Waals surface area (Å²) in [6, 6.07) is 0.532. The van der Waals surface area contributed by atoms with Gasteiger partial charge >= 0.3 is 0 Å². The van der Waals surface area contributed by atoms with Crippen LogP contribution in [-0.2, 0) is 4.79 Å². The van der Waals surface area contributed by atoms with E-state index >= 15 is 0 Å². The third-order valence-electron chi connectivity index (χ3n) is 3.95. The van der Waals surface area contributed by atoms with E-state index in [1.807, 2.05) is 0 Å². The molecule has 3 heteroatoms. The molecule has 0 aromatic rings. The van der Waals surface area contributed by atoms with Crippen LogP contribution < -0.4 is 5.32 Å². The number of rotatable bonds is 4. The van der Waals surface area contributed by atoms with E-state index in [0.717, 1.165) is 32.5 Å². The molecule has 1 aliphatic heterocycles. The Bertz CT molecular complexity index is 236. The van der Waals surface area contributed by atoms with E-state index in [9.17, 15) is 4.79 Å². The van der Waals surface area contributed by atoms with Gasteiger partial charge < -0.3 is 10.2 Å². The quantitative estimate of drug-likeness (QED) is 0.789. The first-order chi connectivity index (χ1) is 7.79. The van der Waals surface area contributed by atoms with Crippen LogP contribution in [0.5, 0.6) is 0 Å². The molecule has 2 rings (SSSR count). The van der Waals surface area contributed by atoms with Crippen molar-refractivity contribution in [3.8, 4) is 0 Å². The van der Waals surface area contributed by atoms with Crippen LogP contribution in [0.15, 0.2) is 0 Å². The van der Waals surface area contributed by atoms with E-state index in [1.54, 1.807) is 0 Å².